The van der Waals surface area contributed by atoms with Crippen molar-refractivity contribution >= 4 is 34.8 Å². The zero-order valence-electron chi connectivity index (χ0n) is 17.8. The van der Waals surface area contributed by atoms with Crippen molar-refractivity contribution in [1.82, 2.24) is 4.90 Å². The van der Waals surface area contributed by atoms with Crippen LogP contribution in [0.3, 0.4) is 0 Å². The van der Waals surface area contributed by atoms with Crippen molar-refractivity contribution in [3.63, 3.8) is 0 Å². The summed E-state index contributed by atoms with van der Waals surface area (Å²) in [7, 11) is 3.47. The van der Waals surface area contributed by atoms with E-state index in [4.69, 9.17) is 0 Å². The summed E-state index contributed by atoms with van der Waals surface area (Å²) < 4.78 is 0. The molecule has 2 aromatic carbocycles. The number of anilines is 3. The van der Waals surface area contributed by atoms with Crippen molar-refractivity contribution in [2.45, 2.75) is 32.6 Å². The number of rotatable bonds is 10. The van der Waals surface area contributed by atoms with Crippen molar-refractivity contribution in [3.8, 4) is 0 Å². The van der Waals surface area contributed by atoms with Crippen molar-refractivity contribution in [1.29, 1.82) is 0 Å². The Morgan fingerprint density at radius 3 is 2.17 bits per heavy atom. The summed E-state index contributed by atoms with van der Waals surface area (Å²) in [5, 5.41) is 8.76. The number of amides is 3. The molecule has 3 N–H and O–H groups in total. The van der Waals surface area contributed by atoms with Crippen LogP contribution < -0.4 is 16.0 Å². The maximum absolute atomic E-state index is 12.3. The molecule has 0 aliphatic heterocycles. The molecule has 2 rings (SSSR count). The second kappa shape index (κ2) is 11.6. The Hall–Kier alpha value is -3.35. The van der Waals surface area contributed by atoms with E-state index in [0.717, 1.165) is 17.7 Å². The van der Waals surface area contributed by atoms with E-state index in [0.29, 0.717) is 30.6 Å². The fourth-order valence-electron chi connectivity index (χ4n) is 2.82. The molecule has 0 spiro atoms. The molecule has 0 aliphatic rings. The third-order valence-electron chi connectivity index (χ3n) is 4.41. The molecule has 0 saturated heterocycles. The molecule has 2 aromatic rings. The normalized spacial score (nSPS) is 10.2. The van der Waals surface area contributed by atoms with Gasteiger partial charge in [0.15, 0.2) is 0 Å². The van der Waals surface area contributed by atoms with Gasteiger partial charge in [0.25, 0.3) is 0 Å². The Morgan fingerprint density at radius 1 is 0.833 bits per heavy atom. The van der Waals surface area contributed by atoms with Crippen LogP contribution in [0.2, 0.25) is 0 Å². The molecule has 0 aromatic heterocycles. The molecular formula is C23H30N4O3. The van der Waals surface area contributed by atoms with Gasteiger partial charge in [0, 0.05) is 44.0 Å². The molecule has 160 valence electrons. The Labute approximate surface area is 177 Å². The monoisotopic (exact) mass is 410 g/mol. The molecule has 0 unspecified atom stereocenters. The van der Waals surface area contributed by atoms with E-state index in [9.17, 15) is 14.4 Å². The highest BCUT2D eigenvalue weighted by atomic mass is 16.2. The first kappa shape index (κ1) is 22.9. The fraction of sp³-hybridized carbons (Fsp3) is 0.348. The highest BCUT2D eigenvalue weighted by molar-refractivity contribution is 5.94. The van der Waals surface area contributed by atoms with Gasteiger partial charge >= 0.3 is 0 Å². The smallest absolute Gasteiger partial charge is 0.243 e. The number of nitrogens with zero attached hydrogens (tertiary/aromatic N) is 1. The van der Waals surface area contributed by atoms with Crippen molar-refractivity contribution in [3.05, 3.63) is 54.1 Å². The minimum atomic E-state index is -0.183. The summed E-state index contributed by atoms with van der Waals surface area (Å²) in [5.41, 5.74) is 3.12. The molecule has 0 fully saturated rings. The molecule has 0 saturated carbocycles. The van der Waals surface area contributed by atoms with Gasteiger partial charge in [0.2, 0.25) is 17.7 Å². The maximum Gasteiger partial charge on any atom is 0.243 e. The lowest BCUT2D eigenvalue weighted by atomic mass is 10.1. The number of benzene rings is 2. The third kappa shape index (κ3) is 7.95. The van der Waals surface area contributed by atoms with Crippen molar-refractivity contribution in [2.24, 2.45) is 0 Å². The van der Waals surface area contributed by atoms with Crippen LogP contribution in [0.1, 0.15) is 31.7 Å². The zero-order valence-corrected chi connectivity index (χ0v) is 17.8. The number of hydrogen-bond acceptors (Lipinski definition) is 4. The Kier molecular flexibility index (Phi) is 8.87. The first-order chi connectivity index (χ1) is 14.4. The number of carbonyl (C=O) groups is 3. The van der Waals surface area contributed by atoms with E-state index in [2.05, 4.69) is 16.0 Å². The van der Waals surface area contributed by atoms with Gasteiger partial charge in [-0.15, -0.1) is 0 Å². The van der Waals surface area contributed by atoms with Crippen LogP contribution in [0.4, 0.5) is 17.1 Å². The lowest BCUT2D eigenvalue weighted by Crippen LogP contribution is -2.22. The lowest BCUT2D eigenvalue weighted by Gasteiger charge is -2.12. The Morgan fingerprint density at radius 2 is 1.47 bits per heavy atom. The van der Waals surface area contributed by atoms with Crippen LogP contribution in [0.15, 0.2) is 48.5 Å². The molecule has 0 aliphatic carbocycles. The average Bonchev–Trinajstić information content (AvgIpc) is 2.71. The van der Waals surface area contributed by atoms with E-state index in [1.165, 1.54) is 0 Å². The van der Waals surface area contributed by atoms with Crippen molar-refractivity contribution in [2.75, 3.05) is 36.6 Å². The van der Waals surface area contributed by atoms with Gasteiger partial charge in [-0.05, 0) is 48.7 Å². The van der Waals surface area contributed by atoms with E-state index in [1.807, 2.05) is 49.4 Å². The largest absolute Gasteiger partial charge is 0.376 e. The maximum atomic E-state index is 12.3. The summed E-state index contributed by atoms with van der Waals surface area (Å²) in [6.07, 6.45) is 2.31. The van der Waals surface area contributed by atoms with Crippen molar-refractivity contribution < 1.29 is 14.4 Å². The number of hydrogen-bond donors (Lipinski definition) is 3. The van der Waals surface area contributed by atoms with Crippen LogP contribution in [0, 0.1) is 0 Å². The second-order valence-corrected chi connectivity index (χ2v) is 7.27. The summed E-state index contributed by atoms with van der Waals surface area (Å²) in [5.74, 6) is -0.141. The van der Waals surface area contributed by atoms with Crippen LogP contribution in [0.25, 0.3) is 0 Å². The summed E-state index contributed by atoms with van der Waals surface area (Å²) >= 11 is 0. The average molecular weight is 411 g/mol. The fourth-order valence-corrected chi connectivity index (χ4v) is 2.82. The Balaban J connectivity index is 1.85. The molecule has 7 heteroatoms. The SMILES string of the molecule is CCCC(=O)Nc1cccc(NCC(=O)Nc2cccc(CCC(=O)N(C)C)c2)c1. The number of nitrogens with one attached hydrogen (secondary N) is 3. The van der Waals surface area contributed by atoms with Gasteiger partial charge in [0.05, 0.1) is 6.54 Å². The minimum absolute atomic E-state index is 0.0282. The Bertz CT molecular complexity index is 880. The summed E-state index contributed by atoms with van der Waals surface area (Å²) in [6.45, 7) is 2.05. The first-order valence-electron chi connectivity index (χ1n) is 10.1. The van der Waals surface area contributed by atoms with Gasteiger partial charge in [-0.1, -0.05) is 25.1 Å². The highest BCUT2D eigenvalue weighted by Gasteiger charge is 2.07. The standard InChI is InChI=1S/C23H30N4O3/c1-4-7-21(28)25-20-11-6-9-18(15-20)24-16-22(29)26-19-10-5-8-17(14-19)12-13-23(30)27(2)3/h5-6,8-11,14-15,24H,4,7,12-13,16H2,1-3H3,(H,25,28)(H,26,29). The topological polar surface area (TPSA) is 90.5 Å². The molecule has 0 heterocycles. The van der Waals surface area contributed by atoms with Gasteiger partial charge in [-0.25, -0.2) is 0 Å². The van der Waals surface area contributed by atoms with Gasteiger partial charge in [-0.3, -0.25) is 14.4 Å². The van der Waals surface area contributed by atoms with Crippen LogP contribution in [-0.2, 0) is 20.8 Å². The predicted octanol–water partition coefficient (Wildman–Crippen LogP) is 3.50. The van der Waals surface area contributed by atoms with Crippen LogP contribution in [-0.4, -0.2) is 43.3 Å². The molecule has 0 atom stereocenters. The van der Waals surface area contributed by atoms with Gasteiger partial charge in [0.1, 0.15) is 0 Å². The highest BCUT2D eigenvalue weighted by Crippen LogP contribution is 2.16. The van der Waals surface area contributed by atoms with Gasteiger partial charge in [-0.2, -0.15) is 0 Å². The molecule has 3 amide bonds. The van der Waals surface area contributed by atoms with Gasteiger partial charge < -0.3 is 20.9 Å². The molecule has 30 heavy (non-hydrogen) atoms. The number of aryl methyl sites for hydroxylation is 1. The van der Waals surface area contributed by atoms with E-state index in [-0.39, 0.29) is 24.3 Å². The van der Waals surface area contributed by atoms with E-state index < -0.39 is 0 Å². The molecule has 0 radical (unpaired) electrons. The van der Waals surface area contributed by atoms with E-state index >= 15 is 0 Å². The summed E-state index contributed by atoms with van der Waals surface area (Å²) in [4.78, 5) is 37.3. The second-order valence-electron chi connectivity index (χ2n) is 7.27. The number of carbonyl (C=O) groups excluding carboxylic acids is 3. The quantitative estimate of drug-likeness (QED) is 0.559. The van der Waals surface area contributed by atoms with Crippen LogP contribution >= 0.6 is 0 Å². The lowest BCUT2D eigenvalue weighted by molar-refractivity contribution is -0.128. The molecular weight excluding hydrogens is 380 g/mol. The minimum Gasteiger partial charge on any atom is -0.376 e. The van der Waals surface area contributed by atoms with E-state index in [1.54, 1.807) is 25.1 Å². The first-order valence-corrected chi connectivity index (χ1v) is 10.1. The predicted molar refractivity (Wildman–Crippen MR) is 121 cm³/mol. The summed E-state index contributed by atoms with van der Waals surface area (Å²) in [6, 6.07) is 14.8. The zero-order chi connectivity index (χ0) is 21.9. The third-order valence-corrected chi connectivity index (χ3v) is 4.41. The van der Waals surface area contributed by atoms with Crippen LogP contribution in [0.5, 0.6) is 0 Å². The molecule has 0 bridgehead atoms. The molecule has 7 nitrogen and oxygen atoms in total.